The highest BCUT2D eigenvalue weighted by molar-refractivity contribution is 7.92. The van der Waals surface area contributed by atoms with Crippen LogP contribution < -0.4 is 0 Å². The smallest absolute Gasteiger partial charge is 0.321 e. The van der Waals surface area contributed by atoms with Crippen molar-refractivity contribution < 1.29 is 27.5 Å². The van der Waals surface area contributed by atoms with Gasteiger partial charge in [-0.3, -0.25) is 9.59 Å². The zero-order valence-electron chi connectivity index (χ0n) is 11.3. The summed E-state index contributed by atoms with van der Waals surface area (Å²) in [6.45, 7) is 8.11. The molecular weight excluding hydrogens is 260 g/mol. The highest BCUT2D eigenvalue weighted by Gasteiger charge is 2.25. The number of sulfone groups is 1. The lowest BCUT2D eigenvalue weighted by atomic mass is 10.2. The van der Waals surface area contributed by atoms with E-state index in [0.29, 0.717) is 0 Å². The van der Waals surface area contributed by atoms with Crippen LogP contribution in [0.1, 0.15) is 34.6 Å². The van der Waals surface area contributed by atoms with Crippen LogP contribution in [-0.2, 0) is 28.9 Å². The molecule has 0 aliphatic heterocycles. The SMILES string of the molecule is CC(C)OC(=O)CS(=O)(=O)CC(=O)OC(C)(C)C. The van der Waals surface area contributed by atoms with Crippen LogP contribution in [-0.4, -0.2) is 43.6 Å². The summed E-state index contributed by atoms with van der Waals surface area (Å²) < 4.78 is 32.6. The zero-order valence-corrected chi connectivity index (χ0v) is 12.2. The van der Waals surface area contributed by atoms with Crippen molar-refractivity contribution in [1.29, 1.82) is 0 Å². The maximum Gasteiger partial charge on any atom is 0.321 e. The van der Waals surface area contributed by atoms with Gasteiger partial charge in [-0.05, 0) is 34.6 Å². The van der Waals surface area contributed by atoms with Gasteiger partial charge in [0.15, 0.2) is 9.84 Å². The van der Waals surface area contributed by atoms with Crippen LogP contribution in [0.3, 0.4) is 0 Å². The fourth-order valence-electron chi connectivity index (χ4n) is 1.08. The van der Waals surface area contributed by atoms with Crippen molar-refractivity contribution in [3.63, 3.8) is 0 Å². The molecule has 106 valence electrons. The molecule has 0 spiro atoms. The number of rotatable bonds is 5. The molecule has 0 saturated carbocycles. The summed E-state index contributed by atoms with van der Waals surface area (Å²) in [4.78, 5) is 22.5. The fraction of sp³-hybridized carbons (Fsp3) is 0.818. The molecule has 6 nitrogen and oxygen atoms in total. The number of hydrogen-bond acceptors (Lipinski definition) is 6. The summed E-state index contributed by atoms with van der Waals surface area (Å²) in [7, 11) is -3.85. The first-order chi connectivity index (χ1) is 7.91. The van der Waals surface area contributed by atoms with E-state index in [1.165, 1.54) is 0 Å². The molecule has 0 amide bonds. The molecule has 0 bridgehead atoms. The quantitative estimate of drug-likeness (QED) is 0.689. The van der Waals surface area contributed by atoms with Crippen LogP contribution >= 0.6 is 0 Å². The minimum absolute atomic E-state index is 0.394. The Bertz CT molecular complexity index is 402. The van der Waals surface area contributed by atoms with Crippen molar-refractivity contribution in [1.82, 2.24) is 0 Å². The third-order valence-corrected chi connectivity index (χ3v) is 2.81. The van der Waals surface area contributed by atoms with E-state index in [2.05, 4.69) is 0 Å². The first-order valence-electron chi connectivity index (χ1n) is 5.53. The summed E-state index contributed by atoms with van der Waals surface area (Å²) in [6, 6.07) is 0. The molecule has 0 aromatic carbocycles. The first kappa shape index (κ1) is 16.9. The zero-order chi connectivity index (χ0) is 14.6. The van der Waals surface area contributed by atoms with E-state index in [0.717, 1.165) is 0 Å². The van der Waals surface area contributed by atoms with E-state index in [-0.39, 0.29) is 0 Å². The van der Waals surface area contributed by atoms with Crippen molar-refractivity contribution in [3.8, 4) is 0 Å². The summed E-state index contributed by atoms with van der Waals surface area (Å²) in [5.41, 5.74) is -0.759. The lowest BCUT2D eigenvalue weighted by Gasteiger charge is -2.19. The largest absolute Gasteiger partial charge is 0.462 e. The minimum Gasteiger partial charge on any atom is -0.462 e. The average Bonchev–Trinajstić information content (AvgIpc) is 1.92. The Morgan fingerprint density at radius 3 is 1.89 bits per heavy atom. The minimum atomic E-state index is -3.85. The second-order valence-electron chi connectivity index (χ2n) is 5.16. The Morgan fingerprint density at radius 1 is 1.06 bits per heavy atom. The second kappa shape index (κ2) is 6.17. The normalized spacial score (nSPS) is 12.3. The molecule has 0 rings (SSSR count). The number of esters is 2. The third-order valence-electron chi connectivity index (χ3n) is 1.46. The highest BCUT2D eigenvalue weighted by atomic mass is 32.2. The standard InChI is InChI=1S/C11H20O6S/c1-8(2)16-9(12)6-18(14,15)7-10(13)17-11(3,4)5/h8H,6-7H2,1-5H3. The molecular formula is C11H20O6S. The van der Waals surface area contributed by atoms with E-state index >= 15 is 0 Å². The molecule has 0 unspecified atom stereocenters. The van der Waals surface area contributed by atoms with E-state index in [1.807, 2.05) is 0 Å². The van der Waals surface area contributed by atoms with Crippen molar-refractivity contribution in [2.24, 2.45) is 0 Å². The molecule has 0 fully saturated rings. The van der Waals surface area contributed by atoms with Crippen LogP contribution in [0.4, 0.5) is 0 Å². The lowest BCUT2D eigenvalue weighted by Crippen LogP contribution is -2.31. The molecule has 0 aromatic heterocycles. The van der Waals surface area contributed by atoms with Crippen LogP contribution in [0.25, 0.3) is 0 Å². The first-order valence-corrected chi connectivity index (χ1v) is 7.35. The van der Waals surface area contributed by atoms with Gasteiger partial charge in [-0.25, -0.2) is 8.42 Å². The lowest BCUT2D eigenvalue weighted by molar-refractivity contribution is -0.151. The highest BCUT2D eigenvalue weighted by Crippen LogP contribution is 2.08. The summed E-state index contributed by atoms with van der Waals surface area (Å²) in [6.07, 6.45) is -0.394. The van der Waals surface area contributed by atoms with Gasteiger partial charge in [0.1, 0.15) is 17.1 Å². The number of carbonyl (C=O) groups is 2. The predicted octanol–water partition coefficient (Wildman–Crippen LogP) is 0.694. The summed E-state index contributed by atoms with van der Waals surface area (Å²) in [5.74, 6) is -3.38. The van der Waals surface area contributed by atoms with E-state index in [9.17, 15) is 18.0 Å². The van der Waals surface area contributed by atoms with Gasteiger partial charge in [0, 0.05) is 0 Å². The molecule has 18 heavy (non-hydrogen) atoms. The van der Waals surface area contributed by atoms with Crippen molar-refractivity contribution in [2.45, 2.75) is 46.3 Å². The number of carbonyl (C=O) groups excluding carboxylic acids is 2. The van der Waals surface area contributed by atoms with Crippen molar-refractivity contribution >= 4 is 21.8 Å². The molecule has 7 heteroatoms. The maximum absolute atomic E-state index is 11.5. The monoisotopic (exact) mass is 280 g/mol. The fourth-order valence-corrected chi connectivity index (χ4v) is 2.03. The molecule has 0 atom stereocenters. The summed E-state index contributed by atoms with van der Waals surface area (Å²) in [5, 5.41) is 0. The number of hydrogen-bond donors (Lipinski definition) is 0. The van der Waals surface area contributed by atoms with Gasteiger partial charge in [-0.15, -0.1) is 0 Å². The van der Waals surface area contributed by atoms with Crippen molar-refractivity contribution in [3.05, 3.63) is 0 Å². The van der Waals surface area contributed by atoms with Crippen LogP contribution in [0.5, 0.6) is 0 Å². The van der Waals surface area contributed by atoms with Gasteiger partial charge in [-0.1, -0.05) is 0 Å². The van der Waals surface area contributed by atoms with Gasteiger partial charge in [-0.2, -0.15) is 0 Å². The maximum atomic E-state index is 11.5. The third kappa shape index (κ3) is 8.98. The van der Waals surface area contributed by atoms with Gasteiger partial charge in [0.25, 0.3) is 0 Å². The van der Waals surface area contributed by atoms with E-state index in [1.54, 1.807) is 34.6 Å². The van der Waals surface area contributed by atoms with Gasteiger partial charge in [0.05, 0.1) is 6.10 Å². The van der Waals surface area contributed by atoms with Gasteiger partial charge < -0.3 is 9.47 Å². The van der Waals surface area contributed by atoms with E-state index in [4.69, 9.17) is 9.47 Å². The average molecular weight is 280 g/mol. The summed E-state index contributed by atoms with van der Waals surface area (Å²) >= 11 is 0. The van der Waals surface area contributed by atoms with Crippen LogP contribution in [0, 0.1) is 0 Å². The Labute approximate surface area is 108 Å². The molecule has 0 N–H and O–H groups in total. The van der Waals surface area contributed by atoms with Crippen molar-refractivity contribution in [2.75, 3.05) is 11.5 Å². The Hall–Kier alpha value is -1.11. The molecule has 0 radical (unpaired) electrons. The van der Waals surface area contributed by atoms with Crippen LogP contribution in [0.15, 0.2) is 0 Å². The number of ether oxygens (including phenoxy) is 2. The molecule has 0 aliphatic rings. The Kier molecular flexibility index (Phi) is 5.79. The molecule has 0 aromatic rings. The van der Waals surface area contributed by atoms with E-state index < -0.39 is 45.0 Å². The second-order valence-corrected chi connectivity index (χ2v) is 7.22. The molecule has 0 heterocycles. The Morgan fingerprint density at radius 2 is 1.50 bits per heavy atom. The van der Waals surface area contributed by atoms with Gasteiger partial charge >= 0.3 is 11.9 Å². The molecule has 0 saturated heterocycles. The van der Waals surface area contributed by atoms with Gasteiger partial charge in [0.2, 0.25) is 0 Å². The Balaban J connectivity index is 4.41. The predicted molar refractivity (Wildman–Crippen MR) is 65.7 cm³/mol. The van der Waals surface area contributed by atoms with Crippen LogP contribution in [0.2, 0.25) is 0 Å². The topological polar surface area (TPSA) is 86.7 Å². The molecule has 0 aliphatic carbocycles.